The summed E-state index contributed by atoms with van der Waals surface area (Å²) in [5, 5.41) is 0.970. The minimum absolute atomic E-state index is 0.0688. The fraction of sp³-hybridized carbons (Fsp3) is 0.444. The second-order valence-corrected chi connectivity index (χ2v) is 6.11. The van der Waals surface area contributed by atoms with Gasteiger partial charge in [0.2, 0.25) is 0 Å². The zero-order valence-electron chi connectivity index (χ0n) is 13.0. The molecule has 0 aliphatic heterocycles. The largest absolute Gasteiger partial charge is 0.489 e. The second-order valence-electron chi connectivity index (χ2n) is 6.11. The third kappa shape index (κ3) is 2.91. The molecule has 2 aromatic rings. The maximum absolute atomic E-state index is 11.9. The van der Waals surface area contributed by atoms with E-state index in [9.17, 15) is 4.79 Å². The Balaban J connectivity index is 1.50. The van der Waals surface area contributed by atoms with Crippen molar-refractivity contribution in [3.8, 4) is 5.75 Å². The maximum atomic E-state index is 11.9. The van der Waals surface area contributed by atoms with Crippen molar-refractivity contribution in [2.24, 2.45) is 11.3 Å². The highest BCUT2D eigenvalue weighted by Crippen LogP contribution is 2.55. The van der Waals surface area contributed by atoms with E-state index in [4.69, 9.17) is 9.47 Å². The summed E-state index contributed by atoms with van der Waals surface area (Å²) in [7, 11) is 0. The van der Waals surface area contributed by atoms with Crippen LogP contribution in [0.4, 0.5) is 0 Å². The smallest absolute Gasteiger partial charge is 0.309 e. The Bertz CT molecular complexity index is 680. The highest BCUT2D eigenvalue weighted by molar-refractivity contribution is 5.84. The SMILES string of the molecule is CCC1(C)CC1C(=O)OCCOc1ccnc2ccccc12. The molecule has 0 N–H and O–H groups in total. The fourth-order valence-corrected chi connectivity index (χ4v) is 2.76. The molecule has 2 atom stereocenters. The van der Waals surface area contributed by atoms with E-state index in [1.807, 2.05) is 30.3 Å². The number of aromatic nitrogens is 1. The van der Waals surface area contributed by atoms with Gasteiger partial charge in [-0.3, -0.25) is 9.78 Å². The molecule has 1 aromatic carbocycles. The zero-order valence-corrected chi connectivity index (χ0v) is 13.0. The average molecular weight is 299 g/mol. The Hall–Kier alpha value is -2.10. The third-order valence-corrected chi connectivity index (χ3v) is 4.64. The zero-order chi connectivity index (χ0) is 15.6. The monoisotopic (exact) mass is 299 g/mol. The molecule has 0 spiro atoms. The molecule has 0 amide bonds. The molecule has 0 saturated heterocycles. The normalized spacial score (nSPS) is 23.3. The van der Waals surface area contributed by atoms with Crippen LogP contribution in [-0.2, 0) is 9.53 Å². The molecule has 0 radical (unpaired) electrons. The van der Waals surface area contributed by atoms with Gasteiger partial charge < -0.3 is 9.47 Å². The van der Waals surface area contributed by atoms with Crippen LogP contribution in [0.15, 0.2) is 36.5 Å². The van der Waals surface area contributed by atoms with Crippen LogP contribution in [0, 0.1) is 11.3 Å². The van der Waals surface area contributed by atoms with E-state index in [1.54, 1.807) is 6.20 Å². The molecule has 4 nitrogen and oxygen atoms in total. The van der Waals surface area contributed by atoms with Gasteiger partial charge in [-0.1, -0.05) is 26.0 Å². The first-order chi connectivity index (χ1) is 10.6. The number of ether oxygens (including phenoxy) is 2. The number of hydrogen-bond acceptors (Lipinski definition) is 4. The molecule has 1 saturated carbocycles. The Morgan fingerprint density at radius 2 is 2.14 bits per heavy atom. The second kappa shape index (κ2) is 5.95. The lowest BCUT2D eigenvalue weighted by Crippen LogP contribution is -2.16. The molecule has 116 valence electrons. The van der Waals surface area contributed by atoms with Crippen LogP contribution in [0.2, 0.25) is 0 Å². The van der Waals surface area contributed by atoms with Gasteiger partial charge in [-0.2, -0.15) is 0 Å². The first-order valence-corrected chi connectivity index (χ1v) is 7.77. The van der Waals surface area contributed by atoms with Crippen LogP contribution >= 0.6 is 0 Å². The standard InChI is InChI=1S/C18H21NO3/c1-3-18(2)12-14(18)17(20)22-11-10-21-16-8-9-19-15-7-5-4-6-13(15)16/h4-9,14H,3,10-12H2,1-2H3. The van der Waals surface area contributed by atoms with Gasteiger partial charge >= 0.3 is 5.97 Å². The highest BCUT2D eigenvalue weighted by atomic mass is 16.6. The number of pyridine rings is 1. The summed E-state index contributed by atoms with van der Waals surface area (Å²) in [6.45, 7) is 4.89. The first-order valence-electron chi connectivity index (χ1n) is 7.77. The van der Waals surface area contributed by atoms with Gasteiger partial charge in [0.25, 0.3) is 0 Å². The highest BCUT2D eigenvalue weighted by Gasteiger charge is 2.53. The molecule has 1 aromatic heterocycles. The van der Waals surface area contributed by atoms with Crippen molar-refractivity contribution < 1.29 is 14.3 Å². The minimum Gasteiger partial charge on any atom is -0.489 e. The van der Waals surface area contributed by atoms with Crippen molar-refractivity contribution in [3.63, 3.8) is 0 Å². The Morgan fingerprint density at radius 1 is 1.32 bits per heavy atom. The predicted molar refractivity (Wildman–Crippen MR) is 84.7 cm³/mol. The number of fused-ring (bicyclic) bond motifs is 1. The van der Waals surface area contributed by atoms with Gasteiger partial charge in [0.15, 0.2) is 0 Å². The van der Waals surface area contributed by atoms with Crippen LogP contribution in [0.5, 0.6) is 5.75 Å². The van der Waals surface area contributed by atoms with Gasteiger partial charge in [0, 0.05) is 11.6 Å². The number of esters is 1. The van der Waals surface area contributed by atoms with Gasteiger partial charge in [-0.05, 0) is 36.5 Å². The van der Waals surface area contributed by atoms with E-state index >= 15 is 0 Å². The van der Waals surface area contributed by atoms with E-state index in [0.29, 0.717) is 6.61 Å². The summed E-state index contributed by atoms with van der Waals surface area (Å²) in [6.07, 6.45) is 3.69. The van der Waals surface area contributed by atoms with E-state index in [-0.39, 0.29) is 23.9 Å². The molecule has 3 rings (SSSR count). The van der Waals surface area contributed by atoms with E-state index in [2.05, 4.69) is 18.8 Å². The molecule has 4 heteroatoms. The summed E-state index contributed by atoms with van der Waals surface area (Å²) in [5.41, 5.74) is 1.05. The van der Waals surface area contributed by atoms with Crippen LogP contribution < -0.4 is 4.74 Å². The van der Waals surface area contributed by atoms with Crippen molar-refractivity contribution in [3.05, 3.63) is 36.5 Å². The number of benzene rings is 1. The molecule has 2 unspecified atom stereocenters. The summed E-state index contributed by atoms with van der Waals surface area (Å²) in [6, 6.07) is 9.65. The number of nitrogens with zero attached hydrogens (tertiary/aromatic N) is 1. The lowest BCUT2D eigenvalue weighted by Gasteiger charge is -2.10. The Morgan fingerprint density at radius 3 is 2.91 bits per heavy atom. The van der Waals surface area contributed by atoms with Crippen molar-refractivity contribution in [2.45, 2.75) is 26.7 Å². The number of para-hydroxylation sites is 1. The molecule has 1 aliphatic carbocycles. The summed E-state index contributed by atoms with van der Waals surface area (Å²) < 4.78 is 11.0. The molecule has 0 bridgehead atoms. The van der Waals surface area contributed by atoms with Crippen LogP contribution in [-0.4, -0.2) is 24.2 Å². The molecule has 1 fully saturated rings. The van der Waals surface area contributed by atoms with Crippen molar-refractivity contribution in [1.82, 2.24) is 4.98 Å². The maximum Gasteiger partial charge on any atom is 0.309 e. The number of carbonyl (C=O) groups excluding carboxylic acids is 1. The van der Waals surface area contributed by atoms with Crippen molar-refractivity contribution in [2.75, 3.05) is 13.2 Å². The van der Waals surface area contributed by atoms with Crippen LogP contribution in [0.3, 0.4) is 0 Å². The number of hydrogen-bond donors (Lipinski definition) is 0. The molecular formula is C18H21NO3. The van der Waals surface area contributed by atoms with Gasteiger partial charge in [-0.15, -0.1) is 0 Å². The van der Waals surface area contributed by atoms with Crippen molar-refractivity contribution in [1.29, 1.82) is 0 Å². The average Bonchev–Trinajstić information content (AvgIpc) is 3.24. The molecule has 22 heavy (non-hydrogen) atoms. The van der Waals surface area contributed by atoms with Gasteiger partial charge in [0.1, 0.15) is 19.0 Å². The van der Waals surface area contributed by atoms with Gasteiger partial charge in [0.05, 0.1) is 11.4 Å². The Kier molecular flexibility index (Phi) is 4.01. The summed E-state index contributed by atoms with van der Waals surface area (Å²) >= 11 is 0. The van der Waals surface area contributed by atoms with Gasteiger partial charge in [-0.25, -0.2) is 0 Å². The fourth-order valence-electron chi connectivity index (χ4n) is 2.76. The predicted octanol–water partition coefficient (Wildman–Crippen LogP) is 3.59. The molecule has 1 aliphatic rings. The summed E-state index contributed by atoms with van der Waals surface area (Å²) in [5.74, 6) is 0.748. The van der Waals surface area contributed by atoms with Crippen molar-refractivity contribution >= 4 is 16.9 Å². The third-order valence-electron chi connectivity index (χ3n) is 4.64. The summed E-state index contributed by atoms with van der Waals surface area (Å²) in [4.78, 5) is 16.2. The van der Waals surface area contributed by atoms with E-state index in [1.165, 1.54) is 0 Å². The lowest BCUT2D eigenvalue weighted by molar-refractivity contribution is -0.146. The molecule has 1 heterocycles. The van der Waals surface area contributed by atoms with Crippen LogP contribution in [0.1, 0.15) is 26.7 Å². The number of rotatable bonds is 6. The van der Waals surface area contributed by atoms with Crippen LogP contribution in [0.25, 0.3) is 10.9 Å². The molecular weight excluding hydrogens is 278 g/mol. The lowest BCUT2D eigenvalue weighted by atomic mass is 10.0. The minimum atomic E-state index is -0.0902. The van der Waals surface area contributed by atoms with E-state index in [0.717, 1.165) is 29.5 Å². The quantitative estimate of drug-likeness (QED) is 0.604. The topological polar surface area (TPSA) is 48.4 Å². The number of carbonyl (C=O) groups is 1. The first kappa shape index (κ1) is 14.8. The Labute approximate surface area is 130 Å². The van der Waals surface area contributed by atoms with E-state index < -0.39 is 0 Å².